The standard InChI is InChI=1S/C20H24N2O4/c1-2-25-20-16(9-6-11-21-20)19(23)22-17-14-24-12-10-18(17)26-13-15-7-4-3-5-8-15/h3-9,11,17-18H,2,10,12-14H2,1H3,(H,22,23)/t17-,18+/m1/s1. The van der Waals surface area contributed by atoms with Crippen molar-refractivity contribution in [1.82, 2.24) is 10.3 Å². The molecular formula is C20H24N2O4. The van der Waals surface area contributed by atoms with Crippen LogP contribution in [0.4, 0.5) is 0 Å². The molecule has 0 unspecified atom stereocenters. The Bertz CT molecular complexity index is 708. The Hall–Kier alpha value is -2.44. The smallest absolute Gasteiger partial charge is 0.257 e. The fourth-order valence-corrected chi connectivity index (χ4v) is 2.89. The van der Waals surface area contributed by atoms with Crippen LogP contribution in [0.15, 0.2) is 48.7 Å². The highest BCUT2D eigenvalue weighted by Crippen LogP contribution is 2.18. The first-order valence-corrected chi connectivity index (χ1v) is 8.90. The van der Waals surface area contributed by atoms with Gasteiger partial charge in [0.2, 0.25) is 5.88 Å². The van der Waals surface area contributed by atoms with Crippen molar-refractivity contribution in [2.45, 2.75) is 32.1 Å². The molecule has 1 amide bonds. The van der Waals surface area contributed by atoms with Gasteiger partial charge >= 0.3 is 0 Å². The van der Waals surface area contributed by atoms with E-state index in [1.807, 2.05) is 37.3 Å². The molecular weight excluding hydrogens is 332 g/mol. The molecule has 2 heterocycles. The van der Waals surface area contributed by atoms with Crippen molar-refractivity contribution in [2.75, 3.05) is 19.8 Å². The molecule has 138 valence electrons. The molecule has 1 aromatic carbocycles. The van der Waals surface area contributed by atoms with Gasteiger partial charge in [0, 0.05) is 12.8 Å². The van der Waals surface area contributed by atoms with Gasteiger partial charge in [0.1, 0.15) is 5.56 Å². The summed E-state index contributed by atoms with van der Waals surface area (Å²) in [4.78, 5) is 16.8. The molecule has 1 saturated heterocycles. The molecule has 3 rings (SSSR count). The van der Waals surface area contributed by atoms with E-state index in [1.165, 1.54) is 0 Å². The highest BCUT2D eigenvalue weighted by molar-refractivity contribution is 5.96. The largest absolute Gasteiger partial charge is 0.477 e. The van der Waals surface area contributed by atoms with Gasteiger partial charge in [-0.1, -0.05) is 30.3 Å². The summed E-state index contributed by atoms with van der Waals surface area (Å²) in [5.74, 6) is 0.108. The van der Waals surface area contributed by atoms with E-state index in [9.17, 15) is 4.79 Å². The van der Waals surface area contributed by atoms with Gasteiger partial charge in [-0.2, -0.15) is 0 Å². The van der Waals surface area contributed by atoms with Crippen molar-refractivity contribution in [3.63, 3.8) is 0 Å². The molecule has 6 heteroatoms. The average Bonchev–Trinajstić information content (AvgIpc) is 2.69. The number of rotatable bonds is 7. The Morgan fingerprint density at radius 1 is 1.27 bits per heavy atom. The zero-order chi connectivity index (χ0) is 18.2. The second-order valence-corrected chi connectivity index (χ2v) is 6.07. The van der Waals surface area contributed by atoms with Gasteiger partial charge in [0.15, 0.2) is 0 Å². The predicted molar refractivity (Wildman–Crippen MR) is 97.1 cm³/mol. The number of amides is 1. The Kier molecular flexibility index (Phi) is 6.57. The van der Waals surface area contributed by atoms with Crippen LogP contribution in [0.1, 0.15) is 29.3 Å². The highest BCUT2D eigenvalue weighted by atomic mass is 16.5. The van der Waals surface area contributed by atoms with Crippen LogP contribution in [-0.2, 0) is 16.1 Å². The minimum Gasteiger partial charge on any atom is -0.477 e. The SMILES string of the molecule is CCOc1ncccc1C(=O)N[C@@H]1COCC[C@@H]1OCc1ccccc1. The number of benzene rings is 1. The molecule has 1 aliphatic rings. The van der Waals surface area contributed by atoms with Gasteiger partial charge in [-0.3, -0.25) is 4.79 Å². The van der Waals surface area contributed by atoms with Gasteiger partial charge in [-0.05, 0) is 31.0 Å². The maximum absolute atomic E-state index is 12.7. The molecule has 0 saturated carbocycles. The first kappa shape index (κ1) is 18.4. The lowest BCUT2D eigenvalue weighted by atomic mass is 10.1. The van der Waals surface area contributed by atoms with Crippen LogP contribution in [0.5, 0.6) is 5.88 Å². The van der Waals surface area contributed by atoms with E-state index in [0.717, 1.165) is 12.0 Å². The van der Waals surface area contributed by atoms with Crippen molar-refractivity contribution in [3.05, 3.63) is 59.8 Å². The third kappa shape index (κ3) is 4.80. The summed E-state index contributed by atoms with van der Waals surface area (Å²) in [5, 5.41) is 3.01. The zero-order valence-electron chi connectivity index (χ0n) is 14.9. The van der Waals surface area contributed by atoms with E-state index in [1.54, 1.807) is 18.3 Å². The minimum atomic E-state index is -0.231. The second-order valence-electron chi connectivity index (χ2n) is 6.07. The summed E-state index contributed by atoms with van der Waals surface area (Å²) in [5.41, 5.74) is 1.52. The lowest BCUT2D eigenvalue weighted by Gasteiger charge is -2.32. The quantitative estimate of drug-likeness (QED) is 0.826. The summed E-state index contributed by atoms with van der Waals surface area (Å²) in [6.45, 7) is 3.87. The second kappa shape index (κ2) is 9.31. The summed E-state index contributed by atoms with van der Waals surface area (Å²) in [6.07, 6.45) is 2.25. The molecule has 26 heavy (non-hydrogen) atoms. The van der Waals surface area contributed by atoms with Crippen LogP contribution in [0.2, 0.25) is 0 Å². The van der Waals surface area contributed by atoms with E-state index in [2.05, 4.69) is 10.3 Å². The van der Waals surface area contributed by atoms with Crippen LogP contribution < -0.4 is 10.1 Å². The van der Waals surface area contributed by atoms with Crippen molar-refractivity contribution in [2.24, 2.45) is 0 Å². The third-order valence-corrected chi connectivity index (χ3v) is 4.21. The molecule has 1 N–H and O–H groups in total. The molecule has 2 aromatic rings. The summed E-state index contributed by atoms with van der Waals surface area (Å²) in [7, 11) is 0. The van der Waals surface area contributed by atoms with E-state index in [0.29, 0.717) is 37.9 Å². The van der Waals surface area contributed by atoms with Gasteiger partial charge < -0.3 is 19.5 Å². The molecule has 1 fully saturated rings. The number of carbonyl (C=O) groups is 1. The third-order valence-electron chi connectivity index (χ3n) is 4.21. The van der Waals surface area contributed by atoms with Crippen LogP contribution in [0, 0.1) is 0 Å². The minimum absolute atomic E-state index is 0.0971. The first-order chi connectivity index (χ1) is 12.8. The highest BCUT2D eigenvalue weighted by Gasteiger charge is 2.29. The first-order valence-electron chi connectivity index (χ1n) is 8.90. The molecule has 1 aromatic heterocycles. The number of hydrogen-bond donors (Lipinski definition) is 1. The van der Waals surface area contributed by atoms with E-state index in [4.69, 9.17) is 14.2 Å². The van der Waals surface area contributed by atoms with Gasteiger partial charge in [0.05, 0.1) is 32.0 Å². The summed E-state index contributed by atoms with van der Waals surface area (Å²) >= 11 is 0. The Morgan fingerprint density at radius 3 is 2.92 bits per heavy atom. The fraction of sp³-hybridized carbons (Fsp3) is 0.400. The lowest BCUT2D eigenvalue weighted by molar-refractivity contribution is -0.0605. The monoisotopic (exact) mass is 356 g/mol. The van der Waals surface area contributed by atoms with Crippen molar-refractivity contribution < 1.29 is 19.0 Å². The maximum Gasteiger partial charge on any atom is 0.257 e. The molecule has 6 nitrogen and oxygen atoms in total. The van der Waals surface area contributed by atoms with Crippen molar-refractivity contribution in [3.8, 4) is 5.88 Å². The maximum atomic E-state index is 12.7. The van der Waals surface area contributed by atoms with Gasteiger partial charge in [-0.15, -0.1) is 0 Å². The topological polar surface area (TPSA) is 69.7 Å². The molecule has 0 aliphatic carbocycles. The number of nitrogens with zero attached hydrogens (tertiary/aromatic N) is 1. The van der Waals surface area contributed by atoms with Crippen LogP contribution >= 0.6 is 0 Å². The van der Waals surface area contributed by atoms with E-state index >= 15 is 0 Å². The molecule has 0 bridgehead atoms. The normalized spacial score (nSPS) is 19.7. The summed E-state index contributed by atoms with van der Waals surface area (Å²) < 4.78 is 17.0. The number of nitrogens with one attached hydrogen (secondary N) is 1. The molecule has 0 spiro atoms. The Balaban J connectivity index is 1.63. The number of pyridine rings is 1. The fourth-order valence-electron chi connectivity index (χ4n) is 2.89. The average molecular weight is 356 g/mol. The number of ether oxygens (including phenoxy) is 3. The predicted octanol–water partition coefficient (Wildman–Crippen LogP) is 2.58. The van der Waals surface area contributed by atoms with Gasteiger partial charge in [0.25, 0.3) is 5.91 Å². The van der Waals surface area contributed by atoms with Crippen LogP contribution in [0.3, 0.4) is 0 Å². The number of hydrogen-bond acceptors (Lipinski definition) is 5. The van der Waals surface area contributed by atoms with Crippen molar-refractivity contribution in [1.29, 1.82) is 0 Å². The number of aromatic nitrogens is 1. The molecule has 1 aliphatic heterocycles. The van der Waals surface area contributed by atoms with Crippen LogP contribution in [0.25, 0.3) is 0 Å². The summed E-state index contributed by atoms with van der Waals surface area (Å²) in [6, 6.07) is 13.2. The van der Waals surface area contributed by atoms with E-state index in [-0.39, 0.29) is 18.1 Å². The van der Waals surface area contributed by atoms with Gasteiger partial charge in [-0.25, -0.2) is 4.98 Å². The van der Waals surface area contributed by atoms with Crippen LogP contribution in [-0.4, -0.2) is 42.9 Å². The lowest BCUT2D eigenvalue weighted by Crippen LogP contribution is -2.50. The molecule has 2 atom stereocenters. The Labute approximate surface area is 153 Å². The Morgan fingerprint density at radius 2 is 2.12 bits per heavy atom. The molecule has 0 radical (unpaired) electrons. The van der Waals surface area contributed by atoms with E-state index < -0.39 is 0 Å². The number of carbonyl (C=O) groups excluding carboxylic acids is 1. The van der Waals surface area contributed by atoms with Crippen molar-refractivity contribution >= 4 is 5.91 Å². The zero-order valence-corrected chi connectivity index (χ0v) is 14.9.